The van der Waals surface area contributed by atoms with Gasteiger partial charge in [-0.2, -0.15) is 0 Å². The predicted octanol–water partition coefficient (Wildman–Crippen LogP) is 1.08. The van der Waals surface area contributed by atoms with E-state index in [2.05, 4.69) is 5.32 Å². The minimum absolute atomic E-state index is 0.333. The van der Waals surface area contributed by atoms with Gasteiger partial charge in [0.25, 0.3) is 5.91 Å². The van der Waals surface area contributed by atoms with Gasteiger partial charge in [-0.25, -0.2) is 9.86 Å². The first-order chi connectivity index (χ1) is 8.51. The van der Waals surface area contributed by atoms with Crippen LogP contribution in [0.25, 0.3) is 0 Å². The van der Waals surface area contributed by atoms with E-state index in [0.717, 1.165) is 29.7 Å². The molecule has 2 aliphatic carbocycles. The van der Waals surface area contributed by atoms with E-state index >= 15 is 0 Å². The zero-order valence-electron chi connectivity index (χ0n) is 10.8. The van der Waals surface area contributed by atoms with Gasteiger partial charge in [0.1, 0.15) is 6.04 Å². The van der Waals surface area contributed by atoms with Gasteiger partial charge in [0, 0.05) is 7.05 Å². The molecule has 6 nitrogen and oxygen atoms in total. The number of hydroxylamine groups is 2. The molecule has 0 radical (unpaired) electrons. The standard InChI is InChI=1S/C12H20N2O4/c1-14(18-2)11(15)10(13-12(16)17)5-7-3-8-6-9(8)4-7/h7-10,13H,3-6H2,1-2H3,(H,16,17)/t7-,8-,9+,10-/m0/s1. The summed E-state index contributed by atoms with van der Waals surface area (Å²) in [7, 11) is 2.88. The summed E-state index contributed by atoms with van der Waals surface area (Å²) in [5.41, 5.74) is 0. The molecule has 0 aromatic carbocycles. The maximum atomic E-state index is 12.0. The summed E-state index contributed by atoms with van der Waals surface area (Å²) in [5.74, 6) is 1.78. The number of carbonyl (C=O) groups excluding carboxylic acids is 1. The summed E-state index contributed by atoms with van der Waals surface area (Å²) in [4.78, 5) is 27.5. The van der Waals surface area contributed by atoms with E-state index in [1.165, 1.54) is 20.6 Å². The van der Waals surface area contributed by atoms with Gasteiger partial charge in [0.05, 0.1) is 7.11 Å². The van der Waals surface area contributed by atoms with Crippen molar-refractivity contribution in [1.82, 2.24) is 10.4 Å². The van der Waals surface area contributed by atoms with Crippen molar-refractivity contribution in [3.8, 4) is 0 Å². The quantitative estimate of drug-likeness (QED) is 0.721. The first-order valence-corrected chi connectivity index (χ1v) is 6.32. The molecule has 2 amide bonds. The van der Waals surface area contributed by atoms with Gasteiger partial charge in [0.2, 0.25) is 0 Å². The number of carboxylic acid groups (broad SMARTS) is 1. The molecule has 0 saturated heterocycles. The molecule has 4 atom stereocenters. The smallest absolute Gasteiger partial charge is 0.405 e. The van der Waals surface area contributed by atoms with Gasteiger partial charge >= 0.3 is 6.09 Å². The monoisotopic (exact) mass is 256 g/mol. The normalized spacial score (nSPS) is 30.4. The van der Waals surface area contributed by atoms with Crippen molar-refractivity contribution in [2.24, 2.45) is 17.8 Å². The van der Waals surface area contributed by atoms with Gasteiger partial charge in [-0.1, -0.05) is 0 Å². The van der Waals surface area contributed by atoms with Crippen LogP contribution in [0.3, 0.4) is 0 Å². The van der Waals surface area contributed by atoms with Crippen LogP contribution in [-0.4, -0.2) is 42.4 Å². The molecule has 2 aliphatic rings. The number of likely N-dealkylation sites (N-methyl/N-ethyl adjacent to an activating group) is 1. The van der Waals surface area contributed by atoms with Crippen LogP contribution >= 0.6 is 0 Å². The summed E-state index contributed by atoms with van der Waals surface area (Å²) in [6.45, 7) is 0. The van der Waals surface area contributed by atoms with E-state index in [1.807, 2.05) is 0 Å². The Balaban J connectivity index is 1.91. The number of hydrogen-bond donors (Lipinski definition) is 2. The molecule has 0 spiro atoms. The Morgan fingerprint density at radius 1 is 1.39 bits per heavy atom. The molecule has 0 unspecified atom stereocenters. The van der Waals surface area contributed by atoms with Crippen molar-refractivity contribution >= 4 is 12.0 Å². The average Bonchev–Trinajstić information content (AvgIpc) is 2.93. The number of amides is 2. The van der Waals surface area contributed by atoms with Crippen LogP contribution in [0, 0.1) is 17.8 Å². The summed E-state index contributed by atoms with van der Waals surface area (Å²) in [5, 5.41) is 12.2. The Morgan fingerprint density at radius 2 is 2.00 bits per heavy atom. The van der Waals surface area contributed by atoms with Crippen LogP contribution in [0.4, 0.5) is 4.79 Å². The van der Waals surface area contributed by atoms with Crippen molar-refractivity contribution in [3.05, 3.63) is 0 Å². The SMILES string of the molecule is CON(C)C(=O)[C@H](C[C@@H]1C[C@@H]2C[C@@H]2C1)NC(=O)O. The highest BCUT2D eigenvalue weighted by atomic mass is 16.7. The Bertz CT molecular complexity index is 337. The highest BCUT2D eigenvalue weighted by molar-refractivity contribution is 5.84. The lowest BCUT2D eigenvalue weighted by molar-refractivity contribution is -0.171. The highest BCUT2D eigenvalue weighted by Gasteiger charge is 2.46. The fraction of sp³-hybridized carbons (Fsp3) is 0.833. The van der Waals surface area contributed by atoms with Crippen molar-refractivity contribution in [2.45, 2.75) is 31.7 Å². The van der Waals surface area contributed by atoms with Gasteiger partial charge in [-0.15, -0.1) is 0 Å². The summed E-state index contributed by atoms with van der Waals surface area (Å²) in [6.07, 6.45) is 2.99. The highest BCUT2D eigenvalue weighted by Crippen LogP contribution is 2.55. The zero-order valence-corrected chi connectivity index (χ0v) is 10.8. The number of rotatable bonds is 5. The number of fused-ring (bicyclic) bond motifs is 1. The van der Waals surface area contributed by atoms with E-state index in [1.54, 1.807) is 0 Å². The minimum atomic E-state index is -1.17. The number of nitrogens with zero attached hydrogens (tertiary/aromatic N) is 1. The largest absolute Gasteiger partial charge is 0.465 e. The van der Waals surface area contributed by atoms with E-state index in [0.29, 0.717) is 12.3 Å². The van der Waals surface area contributed by atoms with Gasteiger partial charge < -0.3 is 10.4 Å². The third-order valence-corrected chi connectivity index (χ3v) is 4.09. The van der Waals surface area contributed by atoms with Crippen LogP contribution in [-0.2, 0) is 9.63 Å². The topological polar surface area (TPSA) is 78.9 Å². The predicted molar refractivity (Wildman–Crippen MR) is 63.7 cm³/mol. The average molecular weight is 256 g/mol. The van der Waals surface area contributed by atoms with Crippen LogP contribution < -0.4 is 5.32 Å². The molecule has 6 heteroatoms. The first-order valence-electron chi connectivity index (χ1n) is 6.32. The Hall–Kier alpha value is -1.30. The third kappa shape index (κ3) is 2.93. The molecule has 2 saturated carbocycles. The fourth-order valence-electron chi connectivity index (χ4n) is 3.05. The fourth-order valence-corrected chi connectivity index (χ4v) is 3.05. The molecule has 0 aliphatic heterocycles. The molecule has 102 valence electrons. The van der Waals surface area contributed by atoms with Crippen LogP contribution in [0.5, 0.6) is 0 Å². The summed E-state index contributed by atoms with van der Waals surface area (Å²) in [6, 6.07) is -0.699. The molecule has 0 aromatic heterocycles. The summed E-state index contributed by atoms with van der Waals surface area (Å²) >= 11 is 0. The third-order valence-electron chi connectivity index (χ3n) is 4.09. The Morgan fingerprint density at radius 3 is 2.50 bits per heavy atom. The van der Waals surface area contributed by atoms with E-state index < -0.39 is 12.1 Å². The zero-order chi connectivity index (χ0) is 13.3. The van der Waals surface area contributed by atoms with Gasteiger partial charge in [0.15, 0.2) is 0 Å². The maximum Gasteiger partial charge on any atom is 0.405 e. The van der Waals surface area contributed by atoms with Crippen molar-refractivity contribution < 1.29 is 19.5 Å². The maximum absolute atomic E-state index is 12.0. The molecule has 18 heavy (non-hydrogen) atoms. The molecule has 0 heterocycles. The summed E-state index contributed by atoms with van der Waals surface area (Å²) < 4.78 is 0. The van der Waals surface area contributed by atoms with Gasteiger partial charge in [-0.05, 0) is 43.4 Å². The minimum Gasteiger partial charge on any atom is -0.465 e. The molecule has 2 N–H and O–H groups in total. The lowest BCUT2D eigenvalue weighted by atomic mass is 9.94. The lowest BCUT2D eigenvalue weighted by Crippen LogP contribution is -2.47. The molecule has 2 rings (SSSR count). The van der Waals surface area contributed by atoms with E-state index in [9.17, 15) is 9.59 Å². The lowest BCUT2D eigenvalue weighted by Gasteiger charge is -2.24. The van der Waals surface area contributed by atoms with E-state index in [4.69, 9.17) is 9.94 Å². The number of carbonyl (C=O) groups is 2. The van der Waals surface area contributed by atoms with Crippen molar-refractivity contribution in [3.63, 3.8) is 0 Å². The molecular weight excluding hydrogens is 236 g/mol. The Kier molecular flexibility index (Phi) is 3.75. The van der Waals surface area contributed by atoms with Crippen LogP contribution in [0.1, 0.15) is 25.7 Å². The van der Waals surface area contributed by atoms with Crippen LogP contribution in [0.15, 0.2) is 0 Å². The molecule has 2 fully saturated rings. The molecular formula is C12H20N2O4. The second-order valence-electron chi connectivity index (χ2n) is 5.35. The second kappa shape index (κ2) is 5.14. The molecule has 0 aromatic rings. The number of hydrogen-bond acceptors (Lipinski definition) is 3. The van der Waals surface area contributed by atoms with Gasteiger partial charge in [-0.3, -0.25) is 9.63 Å². The number of nitrogens with one attached hydrogen (secondary N) is 1. The second-order valence-corrected chi connectivity index (χ2v) is 5.35. The van der Waals surface area contributed by atoms with E-state index in [-0.39, 0.29) is 5.91 Å². The molecule has 0 bridgehead atoms. The van der Waals surface area contributed by atoms with Crippen molar-refractivity contribution in [2.75, 3.05) is 14.2 Å². The first kappa shape index (κ1) is 13.1. The Labute approximate surface area is 106 Å². The van der Waals surface area contributed by atoms with Crippen LogP contribution in [0.2, 0.25) is 0 Å². The van der Waals surface area contributed by atoms with Crippen molar-refractivity contribution in [1.29, 1.82) is 0 Å².